The summed E-state index contributed by atoms with van der Waals surface area (Å²) in [5.74, 6) is 0.209. The minimum Gasteiger partial charge on any atom is -0.466 e. The van der Waals surface area contributed by atoms with Gasteiger partial charge < -0.3 is 10.1 Å². The van der Waals surface area contributed by atoms with E-state index in [9.17, 15) is 9.59 Å². The molecule has 0 aliphatic rings. The average Bonchev–Trinajstić information content (AvgIpc) is 3.04. The van der Waals surface area contributed by atoms with Gasteiger partial charge in [0.25, 0.3) is 11.3 Å². The molecule has 0 amide bonds. The van der Waals surface area contributed by atoms with Gasteiger partial charge in [-0.05, 0) is 30.9 Å². The number of hydrogen-bond donors (Lipinski definition) is 2. The van der Waals surface area contributed by atoms with Gasteiger partial charge in [0.05, 0.1) is 18.7 Å². The molecular formula is C17H19N5O3S. The van der Waals surface area contributed by atoms with Gasteiger partial charge >= 0.3 is 5.97 Å². The van der Waals surface area contributed by atoms with Crippen LogP contribution in [0, 0.1) is 0 Å². The van der Waals surface area contributed by atoms with Crippen LogP contribution in [0.25, 0.3) is 5.78 Å². The molecule has 2 heterocycles. The molecule has 9 heteroatoms. The van der Waals surface area contributed by atoms with Crippen molar-refractivity contribution in [2.45, 2.75) is 24.8 Å². The lowest BCUT2D eigenvalue weighted by Crippen LogP contribution is -2.18. The summed E-state index contributed by atoms with van der Waals surface area (Å²) in [6.45, 7) is 2.57. The van der Waals surface area contributed by atoms with E-state index in [1.54, 1.807) is 18.7 Å². The van der Waals surface area contributed by atoms with Crippen molar-refractivity contribution in [2.75, 3.05) is 18.2 Å². The van der Waals surface area contributed by atoms with Crippen LogP contribution < -0.4 is 10.9 Å². The van der Waals surface area contributed by atoms with Crippen LogP contribution >= 0.6 is 11.8 Å². The van der Waals surface area contributed by atoms with Crippen molar-refractivity contribution < 1.29 is 9.53 Å². The summed E-state index contributed by atoms with van der Waals surface area (Å²) in [6.07, 6.45) is 1.97. The number of carbonyl (C=O) groups is 1. The Labute approximate surface area is 154 Å². The van der Waals surface area contributed by atoms with Gasteiger partial charge in [-0.15, -0.1) is 11.8 Å². The third-order valence-corrected chi connectivity index (χ3v) is 4.38. The molecule has 0 bridgehead atoms. The van der Waals surface area contributed by atoms with E-state index < -0.39 is 5.97 Å². The van der Waals surface area contributed by atoms with Gasteiger partial charge in [0.15, 0.2) is 0 Å². The Morgan fingerprint density at radius 1 is 1.31 bits per heavy atom. The largest absolute Gasteiger partial charge is 0.466 e. The molecule has 0 aliphatic carbocycles. The normalized spacial score (nSPS) is 10.8. The fourth-order valence-electron chi connectivity index (χ4n) is 2.39. The Kier molecular flexibility index (Phi) is 5.57. The van der Waals surface area contributed by atoms with Gasteiger partial charge in [0.2, 0.25) is 5.95 Å². The summed E-state index contributed by atoms with van der Waals surface area (Å²) in [5.41, 5.74) is 1.09. The molecule has 0 radical (unpaired) electrons. The van der Waals surface area contributed by atoms with Gasteiger partial charge in [-0.25, -0.2) is 4.98 Å². The number of ether oxygens (including phenoxy) is 1. The smallest absolute Gasteiger partial charge is 0.311 e. The zero-order valence-electron chi connectivity index (χ0n) is 14.5. The number of aromatic amines is 1. The Balaban J connectivity index is 1.74. The summed E-state index contributed by atoms with van der Waals surface area (Å²) in [5, 5.41) is 5.99. The summed E-state index contributed by atoms with van der Waals surface area (Å²) >= 11 is 1.69. The van der Waals surface area contributed by atoms with Crippen molar-refractivity contribution in [2.24, 2.45) is 0 Å². The number of anilines is 1. The summed E-state index contributed by atoms with van der Waals surface area (Å²) in [7, 11) is 0. The summed E-state index contributed by atoms with van der Waals surface area (Å²) in [4.78, 5) is 33.4. The highest BCUT2D eigenvalue weighted by Crippen LogP contribution is 2.15. The average molecular weight is 373 g/mol. The molecule has 0 atom stereocenters. The number of carbonyl (C=O) groups excluding carboxylic acids is 1. The number of fused-ring (bicyclic) bond motifs is 1. The molecule has 136 valence electrons. The minimum atomic E-state index is -0.425. The predicted octanol–water partition coefficient (Wildman–Crippen LogP) is 1.86. The zero-order chi connectivity index (χ0) is 18.5. The first-order chi connectivity index (χ1) is 12.6. The molecule has 0 fully saturated rings. The number of esters is 1. The molecule has 26 heavy (non-hydrogen) atoms. The molecule has 0 saturated heterocycles. The summed E-state index contributed by atoms with van der Waals surface area (Å²) < 4.78 is 6.11. The quantitative estimate of drug-likeness (QED) is 0.481. The van der Waals surface area contributed by atoms with Crippen LogP contribution in [0.4, 0.5) is 5.95 Å². The fraction of sp³-hybridized carbons (Fsp3) is 0.294. The van der Waals surface area contributed by atoms with Crippen LogP contribution in [0.2, 0.25) is 0 Å². The predicted molar refractivity (Wildman–Crippen MR) is 99.5 cm³/mol. The standard InChI is InChI=1S/C17H19N5O3S/c1-3-25-15(24)9-12-8-14(23)22-17(19-12)20-16(21-22)18-10-11-4-6-13(26-2)7-5-11/h4-8H,3,9-10H2,1-2H3,(H2,18,19,20,21). The second kappa shape index (κ2) is 8.05. The van der Waals surface area contributed by atoms with Crippen molar-refractivity contribution in [3.63, 3.8) is 0 Å². The van der Waals surface area contributed by atoms with Crippen molar-refractivity contribution in [3.05, 3.63) is 51.9 Å². The second-order valence-electron chi connectivity index (χ2n) is 5.48. The first-order valence-electron chi connectivity index (χ1n) is 8.10. The molecule has 0 aliphatic heterocycles. The third kappa shape index (κ3) is 4.23. The minimum absolute atomic E-state index is 0.0585. The monoisotopic (exact) mass is 373 g/mol. The number of rotatable bonds is 7. The first-order valence-corrected chi connectivity index (χ1v) is 9.32. The van der Waals surface area contributed by atoms with Crippen LogP contribution in [0.15, 0.2) is 40.0 Å². The number of H-pyrrole nitrogens is 1. The Bertz CT molecular complexity index is 965. The van der Waals surface area contributed by atoms with E-state index in [2.05, 4.69) is 20.4 Å². The Hall–Kier alpha value is -2.81. The number of aromatic nitrogens is 4. The number of hydrogen-bond acceptors (Lipinski definition) is 7. The topological polar surface area (TPSA) is 101 Å². The molecule has 3 rings (SSSR count). The van der Waals surface area contributed by atoms with Crippen molar-refractivity contribution in [1.82, 2.24) is 19.6 Å². The molecule has 0 unspecified atom stereocenters. The second-order valence-corrected chi connectivity index (χ2v) is 6.36. The van der Waals surface area contributed by atoms with Crippen LogP contribution in [0.3, 0.4) is 0 Å². The lowest BCUT2D eigenvalue weighted by Gasteiger charge is -2.03. The highest BCUT2D eigenvalue weighted by molar-refractivity contribution is 7.98. The van der Waals surface area contributed by atoms with E-state index in [0.29, 0.717) is 18.2 Å². The lowest BCUT2D eigenvalue weighted by atomic mass is 10.2. The lowest BCUT2D eigenvalue weighted by molar-refractivity contribution is -0.142. The first kappa shape index (κ1) is 18.0. The molecular weight excluding hydrogens is 354 g/mol. The van der Waals surface area contributed by atoms with E-state index in [-0.39, 0.29) is 24.4 Å². The fourth-order valence-corrected chi connectivity index (χ4v) is 2.79. The molecule has 0 saturated carbocycles. The van der Waals surface area contributed by atoms with Crippen LogP contribution in [-0.2, 0) is 22.5 Å². The van der Waals surface area contributed by atoms with Crippen LogP contribution in [-0.4, -0.2) is 38.4 Å². The molecule has 0 spiro atoms. The number of thioether (sulfide) groups is 1. The Morgan fingerprint density at radius 2 is 2.08 bits per heavy atom. The van der Waals surface area contributed by atoms with Crippen molar-refractivity contribution in [3.8, 4) is 0 Å². The number of benzene rings is 1. The van der Waals surface area contributed by atoms with Gasteiger partial charge in [0.1, 0.15) is 0 Å². The van der Waals surface area contributed by atoms with E-state index in [0.717, 1.165) is 5.56 Å². The Morgan fingerprint density at radius 3 is 2.77 bits per heavy atom. The van der Waals surface area contributed by atoms with E-state index in [1.807, 2.05) is 30.5 Å². The maximum atomic E-state index is 12.2. The maximum absolute atomic E-state index is 12.2. The van der Waals surface area contributed by atoms with Gasteiger partial charge in [-0.3, -0.25) is 14.7 Å². The van der Waals surface area contributed by atoms with Gasteiger partial charge in [-0.1, -0.05) is 12.1 Å². The zero-order valence-corrected chi connectivity index (χ0v) is 15.3. The molecule has 2 aromatic heterocycles. The van der Waals surface area contributed by atoms with Crippen LogP contribution in [0.1, 0.15) is 18.2 Å². The number of nitrogens with zero attached hydrogens (tertiary/aromatic N) is 3. The summed E-state index contributed by atoms with van der Waals surface area (Å²) in [6, 6.07) is 9.46. The molecule has 2 N–H and O–H groups in total. The van der Waals surface area contributed by atoms with Gasteiger partial charge in [0, 0.05) is 17.5 Å². The molecule has 8 nitrogen and oxygen atoms in total. The van der Waals surface area contributed by atoms with E-state index in [1.165, 1.54) is 15.5 Å². The highest BCUT2D eigenvalue weighted by Gasteiger charge is 2.11. The van der Waals surface area contributed by atoms with Crippen molar-refractivity contribution >= 4 is 29.5 Å². The molecule has 3 aromatic rings. The number of nitrogens with one attached hydrogen (secondary N) is 2. The molecule has 1 aromatic carbocycles. The van der Waals surface area contributed by atoms with Crippen molar-refractivity contribution in [1.29, 1.82) is 0 Å². The van der Waals surface area contributed by atoms with Crippen LogP contribution in [0.5, 0.6) is 0 Å². The SMILES string of the molecule is CCOC(=O)Cc1cc(=O)n2[nH]c(NCc3ccc(SC)cc3)nc2n1. The van der Waals surface area contributed by atoms with E-state index in [4.69, 9.17) is 4.74 Å². The van der Waals surface area contributed by atoms with Gasteiger partial charge in [-0.2, -0.15) is 9.50 Å². The third-order valence-electron chi connectivity index (χ3n) is 3.63. The van der Waals surface area contributed by atoms with E-state index >= 15 is 0 Å². The highest BCUT2D eigenvalue weighted by atomic mass is 32.2. The maximum Gasteiger partial charge on any atom is 0.311 e.